The fourth-order valence-corrected chi connectivity index (χ4v) is 4.01. The molecule has 0 bridgehead atoms. The van der Waals surface area contributed by atoms with Gasteiger partial charge in [-0.3, -0.25) is 15.1 Å². The maximum atomic E-state index is 11.5. The van der Waals surface area contributed by atoms with Crippen molar-refractivity contribution in [2.24, 2.45) is 11.8 Å². The van der Waals surface area contributed by atoms with Gasteiger partial charge in [0.05, 0.1) is 0 Å². The number of nitrogens with zero attached hydrogens (tertiary/aromatic N) is 1. The van der Waals surface area contributed by atoms with Crippen LogP contribution in [-0.2, 0) is 4.79 Å². The van der Waals surface area contributed by atoms with Crippen molar-refractivity contribution in [3.63, 3.8) is 0 Å². The molecule has 132 valence electrons. The van der Waals surface area contributed by atoms with Crippen molar-refractivity contribution in [1.29, 1.82) is 5.41 Å². The third-order valence-electron chi connectivity index (χ3n) is 5.51. The molecule has 1 saturated heterocycles. The number of carbonyl (C=O) groups excluding carboxylic acids is 1. The summed E-state index contributed by atoms with van der Waals surface area (Å²) in [6, 6.07) is 0.317. The van der Waals surface area contributed by atoms with E-state index in [1.165, 1.54) is 56.8 Å². The molecule has 1 unspecified atom stereocenters. The van der Waals surface area contributed by atoms with Crippen LogP contribution in [-0.4, -0.2) is 42.9 Å². The lowest BCUT2D eigenvalue weighted by Gasteiger charge is -2.33. The third-order valence-corrected chi connectivity index (χ3v) is 5.51. The molecule has 1 heterocycles. The van der Waals surface area contributed by atoms with Gasteiger partial charge in [-0.1, -0.05) is 32.1 Å². The molecule has 0 aromatic rings. The van der Waals surface area contributed by atoms with Crippen molar-refractivity contribution < 1.29 is 4.79 Å². The standard InChI is InChI=1S/C18H34N4O/c1-14(23)22(2)18(19)21-17(11-15-7-4-3-5-8-15)12-16-9-6-10-20-13-16/h15-17,20H,3-13H2,1-2H3,(H2,19,21)/t16?,17-/m1/s1. The number of hydrogen-bond donors (Lipinski definition) is 3. The molecule has 0 spiro atoms. The van der Waals surface area contributed by atoms with Crippen LogP contribution in [0.2, 0.25) is 0 Å². The fourth-order valence-electron chi connectivity index (χ4n) is 4.01. The molecule has 5 nitrogen and oxygen atoms in total. The van der Waals surface area contributed by atoms with E-state index in [4.69, 9.17) is 5.41 Å². The summed E-state index contributed by atoms with van der Waals surface area (Å²) in [7, 11) is 1.68. The molecular formula is C18H34N4O. The average molecular weight is 322 g/mol. The largest absolute Gasteiger partial charge is 0.353 e. The average Bonchev–Trinajstić information content (AvgIpc) is 2.55. The summed E-state index contributed by atoms with van der Waals surface area (Å²) in [5, 5.41) is 15.0. The molecule has 23 heavy (non-hydrogen) atoms. The smallest absolute Gasteiger partial charge is 0.225 e. The Morgan fingerprint density at radius 2 is 1.83 bits per heavy atom. The Kier molecular flexibility index (Phi) is 7.34. The van der Waals surface area contributed by atoms with Crippen molar-refractivity contribution in [3.8, 4) is 0 Å². The van der Waals surface area contributed by atoms with Crippen molar-refractivity contribution in [2.45, 2.75) is 70.8 Å². The lowest BCUT2D eigenvalue weighted by molar-refractivity contribution is -0.124. The molecule has 5 heteroatoms. The van der Waals surface area contributed by atoms with Crippen LogP contribution in [0.5, 0.6) is 0 Å². The summed E-state index contributed by atoms with van der Waals surface area (Å²) in [5.74, 6) is 1.65. The monoisotopic (exact) mass is 322 g/mol. The minimum Gasteiger partial charge on any atom is -0.353 e. The Morgan fingerprint density at radius 3 is 2.43 bits per heavy atom. The summed E-state index contributed by atoms with van der Waals surface area (Å²) in [4.78, 5) is 12.9. The maximum Gasteiger partial charge on any atom is 0.225 e. The summed E-state index contributed by atoms with van der Waals surface area (Å²) >= 11 is 0. The van der Waals surface area contributed by atoms with Gasteiger partial charge in [0.15, 0.2) is 5.96 Å². The van der Waals surface area contributed by atoms with Gasteiger partial charge in [-0.05, 0) is 50.6 Å². The number of amides is 1. The van der Waals surface area contributed by atoms with Gasteiger partial charge < -0.3 is 10.6 Å². The van der Waals surface area contributed by atoms with Crippen molar-refractivity contribution in [3.05, 3.63) is 0 Å². The second-order valence-corrected chi connectivity index (χ2v) is 7.46. The van der Waals surface area contributed by atoms with Gasteiger partial charge in [0.25, 0.3) is 0 Å². The van der Waals surface area contributed by atoms with E-state index in [0.717, 1.165) is 31.8 Å². The van der Waals surface area contributed by atoms with Crippen LogP contribution in [0.25, 0.3) is 0 Å². The molecule has 1 amide bonds. The van der Waals surface area contributed by atoms with Crippen molar-refractivity contribution in [1.82, 2.24) is 15.5 Å². The van der Waals surface area contributed by atoms with Crippen molar-refractivity contribution >= 4 is 11.9 Å². The SMILES string of the molecule is CC(=O)N(C)C(=N)N[C@H](CC1CCCCC1)CC1CCCNC1. The Labute approximate surface area is 141 Å². The molecule has 2 atom stereocenters. The maximum absolute atomic E-state index is 11.5. The first-order chi connectivity index (χ1) is 11.1. The molecule has 1 aliphatic heterocycles. The van der Waals surface area contributed by atoms with Crippen LogP contribution in [0.1, 0.15) is 64.7 Å². The van der Waals surface area contributed by atoms with Gasteiger partial charge in [0.2, 0.25) is 5.91 Å². The van der Waals surface area contributed by atoms with E-state index in [2.05, 4.69) is 10.6 Å². The number of carbonyl (C=O) groups is 1. The van der Waals surface area contributed by atoms with E-state index >= 15 is 0 Å². The van der Waals surface area contributed by atoms with E-state index in [1.807, 2.05) is 0 Å². The lowest BCUT2D eigenvalue weighted by atomic mass is 9.82. The quantitative estimate of drug-likeness (QED) is 0.538. The number of piperidine rings is 1. The molecular weight excluding hydrogens is 288 g/mol. The Balaban J connectivity index is 1.91. The molecule has 0 radical (unpaired) electrons. The highest BCUT2D eigenvalue weighted by Crippen LogP contribution is 2.29. The third kappa shape index (κ3) is 6.13. The number of rotatable bonds is 5. The van der Waals surface area contributed by atoms with Crippen LogP contribution in [0, 0.1) is 17.2 Å². The lowest BCUT2D eigenvalue weighted by Crippen LogP contribution is -2.47. The highest BCUT2D eigenvalue weighted by molar-refractivity contribution is 5.94. The van der Waals surface area contributed by atoms with Gasteiger partial charge in [0, 0.05) is 20.0 Å². The van der Waals surface area contributed by atoms with Crippen LogP contribution in [0.15, 0.2) is 0 Å². The molecule has 1 saturated carbocycles. The first-order valence-electron chi connectivity index (χ1n) is 9.36. The highest BCUT2D eigenvalue weighted by atomic mass is 16.2. The van der Waals surface area contributed by atoms with E-state index in [0.29, 0.717) is 12.0 Å². The minimum atomic E-state index is -0.0850. The van der Waals surface area contributed by atoms with E-state index < -0.39 is 0 Å². The van der Waals surface area contributed by atoms with Gasteiger partial charge in [-0.25, -0.2) is 0 Å². The molecule has 0 aromatic heterocycles. The second-order valence-electron chi connectivity index (χ2n) is 7.46. The zero-order valence-electron chi connectivity index (χ0n) is 14.9. The summed E-state index contributed by atoms with van der Waals surface area (Å²) in [6.45, 7) is 3.75. The van der Waals surface area contributed by atoms with Crippen LogP contribution in [0.3, 0.4) is 0 Å². The Hall–Kier alpha value is -1.10. The zero-order chi connectivity index (χ0) is 16.7. The first kappa shape index (κ1) is 18.2. The number of hydrogen-bond acceptors (Lipinski definition) is 3. The van der Waals surface area contributed by atoms with Crippen LogP contribution >= 0.6 is 0 Å². The van der Waals surface area contributed by atoms with E-state index in [9.17, 15) is 4.79 Å². The summed E-state index contributed by atoms with van der Waals surface area (Å²) in [5.41, 5.74) is 0. The van der Waals surface area contributed by atoms with E-state index in [1.54, 1.807) is 7.05 Å². The Morgan fingerprint density at radius 1 is 1.17 bits per heavy atom. The molecule has 2 fully saturated rings. The zero-order valence-corrected chi connectivity index (χ0v) is 14.9. The van der Waals surface area contributed by atoms with E-state index in [-0.39, 0.29) is 11.9 Å². The first-order valence-corrected chi connectivity index (χ1v) is 9.36. The molecule has 2 rings (SSSR count). The molecule has 0 aromatic carbocycles. The normalized spacial score (nSPS) is 24.0. The van der Waals surface area contributed by atoms with Gasteiger partial charge in [0.1, 0.15) is 0 Å². The number of nitrogens with one attached hydrogen (secondary N) is 3. The van der Waals surface area contributed by atoms with Crippen molar-refractivity contribution in [2.75, 3.05) is 20.1 Å². The van der Waals surface area contributed by atoms with Gasteiger partial charge in [-0.15, -0.1) is 0 Å². The van der Waals surface area contributed by atoms with Gasteiger partial charge >= 0.3 is 0 Å². The molecule has 3 N–H and O–H groups in total. The predicted octanol–water partition coefficient (Wildman–Crippen LogP) is 2.72. The van der Waals surface area contributed by atoms with Gasteiger partial charge in [-0.2, -0.15) is 0 Å². The Bertz CT molecular complexity index is 366. The topological polar surface area (TPSA) is 68.2 Å². The summed E-state index contributed by atoms with van der Waals surface area (Å²) < 4.78 is 0. The second kappa shape index (κ2) is 9.26. The van der Waals surface area contributed by atoms with Crippen LogP contribution < -0.4 is 10.6 Å². The fraction of sp³-hybridized carbons (Fsp3) is 0.889. The minimum absolute atomic E-state index is 0.0850. The highest BCUT2D eigenvalue weighted by Gasteiger charge is 2.24. The molecule has 2 aliphatic rings. The van der Waals surface area contributed by atoms with Crippen LogP contribution in [0.4, 0.5) is 0 Å². The number of guanidine groups is 1. The summed E-state index contributed by atoms with van der Waals surface area (Å²) in [6.07, 6.45) is 11.5. The molecule has 1 aliphatic carbocycles. The predicted molar refractivity (Wildman–Crippen MR) is 94.5 cm³/mol.